The molecule has 1 aromatic carbocycles. The Kier molecular flexibility index (Phi) is 3.99. The van der Waals surface area contributed by atoms with Crippen molar-refractivity contribution in [2.24, 2.45) is 0 Å². The summed E-state index contributed by atoms with van der Waals surface area (Å²) < 4.78 is 18.2. The molecular formula is C12H10ClFN4O2. The Balaban J connectivity index is 2.28. The summed E-state index contributed by atoms with van der Waals surface area (Å²) in [5, 5.41) is 2.47. The number of methoxy groups -OCH3 is 1. The number of carbonyl (C=O) groups excluding carboxylic acids is 1. The Bertz CT molecular complexity index is 666. The molecule has 0 saturated carbocycles. The number of ether oxygens (including phenoxy) is 1. The highest BCUT2D eigenvalue weighted by Crippen LogP contribution is 2.19. The lowest BCUT2D eigenvalue weighted by atomic mass is 10.1. The van der Waals surface area contributed by atoms with Crippen molar-refractivity contribution in [1.29, 1.82) is 0 Å². The Morgan fingerprint density at radius 3 is 2.90 bits per heavy atom. The molecule has 104 valence electrons. The summed E-state index contributed by atoms with van der Waals surface area (Å²) >= 11 is 5.75. The first-order valence-corrected chi connectivity index (χ1v) is 5.83. The van der Waals surface area contributed by atoms with Crippen LogP contribution in [0.5, 0.6) is 5.88 Å². The second kappa shape index (κ2) is 5.70. The number of hydrogen-bond donors (Lipinski definition) is 2. The van der Waals surface area contributed by atoms with E-state index in [1.807, 2.05) is 0 Å². The molecule has 0 bridgehead atoms. The fourth-order valence-corrected chi connectivity index (χ4v) is 1.63. The summed E-state index contributed by atoms with van der Waals surface area (Å²) in [6.07, 6.45) is 0. The average Bonchev–Trinajstić information content (AvgIpc) is 2.41. The number of amides is 1. The highest BCUT2D eigenvalue weighted by molar-refractivity contribution is 6.29. The third kappa shape index (κ3) is 2.94. The first-order chi connectivity index (χ1) is 9.51. The third-order valence-electron chi connectivity index (χ3n) is 2.40. The van der Waals surface area contributed by atoms with E-state index in [0.29, 0.717) is 0 Å². The van der Waals surface area contributed by atoms with Crippen LogP contribution in [-0.2, 0) is 0 Å². The van der Waals surface area contributed by atoms with Gasteiger partial charge in [-0.25, -0.2) is 9.37 Å². The summed E-state index contributed by atoms with van der Waals surface area (Å²) in [6, 6.07) is 5.30. The molecule has 1 heterocycles. The van der Waals surface area contributed by atoms with Crippen molar-refractivity contribution >= 4 is 29.1 Å². The Morgan fingerprint density at radius 1 is 1.45 bits per heavy atom. The SMILES string of the molecule is COc1cc(Cl)nc(NC(=O)c2cccc(F)c2N)n1. The van der Waals surface area contributed by atoms with Crippen LogP contribution in [0.15, 0.2) is 24.3 Å². The molecule has 0 fully saturated rings. The quantitative estimate of drug-likeness (QED) is 0.669. The number of halogens is 2. The summed E-state index contributed by atoms with van der Waals surface area (Å²) in [6.45, 7) is 0. The molecule has 0 aliphatic carbocycles. The maximum absolute atomic E-state index is 13.3. The predicted octanol–water partition coefficient (Wildman–Crippen LogP) is 2.11. The van der Waals surface area contributed by atoms with Gasteiger partial charge < -0.3 is 10.5 Å². The van der Waals surface area contributed by atoms with E-state index in [4.69, 9.17) is 22.1 Å². The van der Waals surface area contributed by atoms with Gasteiger partial charge in [-0.15, -0.1) is 0 Å². The number of nitrogens with zero attached hydrogens (tertiary/aromatic N) is 2. The lowest BCUT2D eigenvalue weighted by Crippen LogP contribution is -2.16. The number of nitrogens with two attached hydrogens (primary N) is 1. The number of anilines is 2. The lowest BCUT2D eigenvalue weighted by molar-refractivity contribution is 0.102. The fraction of sp³-hybridized carbons (Fsp3) is 0.0833. The van der Waals surface area contributed by atoms with Crippen LogP contribution in [0.4, 0.5) is 16.0 Å². The van der Waals surface area contributed by atoms with Crippen LogP contribution >= 0.6 is 11.6 Å². The predicted molar refractivity (Wildman–Crippen MR) is 72.4 cm³/mol. The zero-order valence-electron chi connectivity index (χ0n) is 10.4. The second-order valence-corrected chi connectivity index (χ2v) is 4.10. The van der Waals surface area contributed by atoms with Crippen molar-refractivity contribution in [3.05, 3.63) is 40.8 Å². The third-order valence-corrected chi connectivity index (χ3v) is 2.60. The van der Waals surface area contributed by atoms with E-state index in [1.54, 1.807) is 0 Å². The molecule has 6 nitrogen and oxygen atoms in total. The van der Waals surface area contributed by atoms with Gasteiger partial charge in [0.25, 0.3) is 5.91 Å². The first-order valence-electron chi connectivity index (χ1n) is 5.45. The number of rotatable bonds is 3. The molecule has 0 saturated heterocycles. The van der Waals surface area contributed by atoms with Gasteiger partial charge in [0.1, 0.15) is 11.0 Å². The van der Waals surface area contributed by atoms with Gasteiger partial charge in [-0.1, -0.05) is 17.7 Å². The molecule has 2 rings (SSSR count). The molecule has 1 aromatic heterocycles. The van der Waals surface area contributed by atoms with E-state index in [0.717, 1.165) is 6.07 Å². The van der Waals surface area contributed by atoms with E-state index in [2.05, 4.69) is 15.3 Å². The van der Waals surface area contributed by atoms with Crippen LogP contribution in [0.2, 0.25) is 5.15 Å². The molecule has 20 heavy (non-hydrogen) atoms. The molecule has 3 N–H and O–H groups in total. The number of aromatic nitrogens is 2. The van der Waals surface area contributed by atoms with E-state index < -0.39 is 11.7 Å². The van der Waals surface area contributed by atoms with Crippen molar-refractivity contribution < 1.29 is 13.9 Å². The highest BCUT2D eigenvalue weighted by Gasteiger charge is 2.14. The Morgan fingerprint density at radius 2 is 2.20 bits per heavy atom. The van der Waals surface area contributed by atoms with Crippen molar-refractivity contribution in [3.63, 3.8) is 0 Å². The average molecular weight is 297 g/mol. The zero-order chi connectivity index (χ0) is 14.7. The fourth-order valence-electron chi connectivity index (χ4n) is 1.46. The van der Waals surface area contributed by atoms with Crippen LogP contribution in [0, 0.1) is 5.82 Å². The van der Waals surface area contributed by atoms with Crippen LogP contribution in [0.25, 0.3) is 0 Å². The second-order valence-electron chi connectivity index (χ2n) is 3.71. The summed E-state index contributed by atoms with van der Waals surface area (Å²) in [5.41, 5.74) is 5.22. The molecule has 2 aromatic rings. The standard InChI is InChI=1S/C12H10ClFN4O2/c1-20-9-5-8(13)16-12(17-9)18-11(19)6-3-2-4-7(14)10(6)15/h2-5H,15H2,1H3,(H,16,17,18,19). The van der Waals surface area contributed by atoms with Gasteiger partial charge in [0, 0.05) is 6.07 Å². The first kappa shape index (κ1) is 14.0. The topological polar surface area (TPSA) is 90.1 Å². The number of nitrogens with one attached hydrogen (secondary N) is 1. The van der Waals surface area contributed by atoms with E-state index in [9.17, 15) is 9.18 Å². The van der Waals surface area contributed by atoms with E-state index in [-0.39, 0.29) is 28.2 Å². The maximum Gasteiger partial charge on any atom is 0.260 e. The van der Waals surface area contributed by atoms with Gasteiger partial charge in [-0.2, -0.15) is 4.98 Å². The molecule has 8 heteroatoms. The lowest BCUT2D eigenvalue weighted by Gasteiger charge is -2.08. The number of hydrogen-bond acceptors (Lipinski definition) is 5. The van der Waals surface area contributed by atoms with Crippen molar-refractivity contribution in [2.75, 3.05) is 18.2 Å². The zero-order valence-corrected chi connectivity index (χ0v) is 11.1. The van der Waals surface area contributed by atoms with Crippen LogP contribution in [-0.4, -0.2) is 23.0 Å². The molecule has 0 unspecified atom stereocenters. The number of nitrogen functional groups attached to an aromatic ring is 1. The molecular weight excluding hydrogens is 287 g/mol. The van der Waals surface area contributed by atoms with Crippen LogP contribution in [0.1, 0.15) is 10.4 Å². The van der Waals surface area contributed by atoms with Gasteiger partial charge in [0.05, 0.1) is 18.4 Å². The van der Waals surface area contributed by atoms with Gasteiger partial charge in [0.15, 0.2) is 0 Å². The monoisotopic (exact) mass is 296 g/mol. The van der Waals surface area contributed by atoms with Crippen molar-refractivity contribution in [1.82, 2.24) is 9.97 Å². The van der Waals surface area contributed by atoms with Crippen molar-refractivity contribution in [3.8, 4) is 5.88 Å². The van der Waals surface area contributed by atoms with Gasteiger partial charge in [-0.05, 0) is 12.1 Å². The van der Waals surface area contributed by atoms with Crippen LogP contribution < -0.4 is 15.8 Å². The van der Waals surface area contributed by atoms with Gasteiger partial charge in [0.2, 0.25) is 11.8 Å². The van der Waals surface area contributed by atoms with Crippen LogP contribution in [0.3, 0.4) is 0 Å². The smallest absolute Gasteiger partial charge is 0.260 e. The van der Waals surface area contributed by atoms with E-state index >= 15 is 0 Å². The molecule has 0 radical (unpaired) electrons. The number of benzene rings is 1. The number of para-hydroxylation sites is 1. The summed E-state index contributed by atoms with van der Waals surface area (Å²) in [7, 11) is 1.40. The van der Waals surface area contributed by atoms with Gasteiger partial charge >= 0.3 is 0 Å². The van der Waals surface area contributed by atoms with E-state index in [1.165, 1.54) is 25.3 Å². The Hall–Kier alpha value is -2.41. The summed E-state index contributed by atoms with van der Waals surface area (Å²) in [4.78, 5) is 19.7. The number of carbonyl (C=O) groups is 1. The molecule has 0 spiro atoms. The molecule has 0 aliphatic rings. The molecule has 0 atom stereocenters. The van der Waals surface area contributed by atoms with Crippen molar-refractivity contribution in [2.45, 2.75) is 0 Å². The molecule has 0 aliphatic heterocycles. The van der Waals surface area contributed by atoms with Gasteiger partial charge in [-0.3, -0.25) is 10.1 Å². The maximum atomic E-state index is 13.3. The Labute approximate surface area is 118 Å². The highest BCUT2D eigenvalue weighted by atomic mass is 35.5. The minimum atomic E-state index is -0.678. The largest absolute Gasteiger partial charge is 0.481 e. The molecule has 1 amide bonds. The summed E-state index contributed by atoms with van der Waals surface area (Å²) in [5.74, 6) is -1.20. The minimum absolute atomic E-state index is 0.0208. The minimum Gasteiger partial charge on any atom is -0.481 e. The normalized spacial score (nSPS) is 10.2.